The summed E-state index contributed by atoms with van der Waals surface area (Å²) in [6, 6.07) is 12.7. The maximum Gasteiger partial charge on any atom is 0.279 e. The number of thiophene rings is 1. The molecule has 2 aromatic rings. The standard InChI is InChI=1S/C17H16ClN3OS/c1-2-9-21(11-15-7-8-16(18)23-15)12-17(22)20-14-5-3-13(10-19)4-6-14/h2-8H,1,9,11-12H2,(H,20,22)/p+1. The normalized spacial score (nSPS) is 11.5. The van der Waals surface area contributed by atoms with E-state index in [1.165, 1.54) is 11.3 Å². The Hall–Kier alpha value is -2.13. The number of halogens is 1. The number of amides is 1. The summed E-state index contributed by atoms with van der Waals surface area (Å²) in [5.41, 5.74) is 1.25. The van der Waals surface area contributed by atoms with E-state index < -0.39 is 0 Å². The van der Waals surface area contributed by atoms with Crippen LogP contribution in [0.25, 0.3) is 0 Å². The molecule has 0 fully saturated rings. The highest BCUT2D eigenvalue weighted by Gasteiger charge is 2.15. The first kappa shape index (κ1) is 17.2. The molecule has 0 spiro atoms. The van der Waals surface area contributed by atoms with Gasteiger partial charge in [-0.2, -0.15) is 5.26 Å². The van der Waals surface area contributed by atoms with Crippen LogP contribution >= 0.6 is 22.9 Å². The largest absolute Gasteiger partial charge is 0.321 e. The molecule has 118 valence electrons. The number of hydrogen-bond donors (Lipinski definition) is 2. The molecule has 0 saturated heterocycles. The Balaban J connectivity index is 1.94. The van der Waals surface area contributed by atoms with Crippen LogP contribution in [0.4, 0.5) is 5.69 Å². The zero-order chi connectivity index (χ0) is 16.7. The summed E-state index contributed by atoms with van der Waals surface area (Å²) >= 11 is 7.47. The Morgan fingerprint density at radius 2 is 2.09 bits per heavy atom. The zero-order valence-electron chi connectivity index (χ0n) is 12.5. The minimum atomic E-state index is -0.0748. The highest BCUT2D eigenvalue weighted by molar-refractivity contribution is 7.16. The Morgan fingerprint density at radius 3 is 2.65 bits per heavy atom. The molecular formula is C17H17ClN3OS+. The van der Waals surface area contributed by atoms with Crippen LogP contribution in [0.15, 0.2) is 49.1 Å². The summed E-state index contributed by atoms with van der Waals surface area (Å²) in [7, 11) is 0. The summed E-state index contributed by atoms with van der Waals surface area (Å²) in [6.45, 7) is 5.50. The number of anilines is 1. The molecule has 0 radical (unpaired) electrons. The van der Waals surface area contributed by atoms with Gasteiger partial charge >= 0.3 is 0 Å². The van der Waals surface area contributed by atoms with E-state index in [1.54, 1.807) is 30.3 Å². The highest BCUT2D eigenvalue weighted by Crippen LogP contribution is 2.20. The van der Waals surface area contributed by atoms with Crippen LogP contribution in [0.5, 0.6) is 0 Å². The van der Waals surface area contributed by atoms with Gasteiger partial charge in [-0.15, -0.1) is 11.3 Å². The average Bonchev–Trinajstić information content (AvgIpc) is 2.93. The maximum absolute atomic E-state index is 12.2. The lowest BCUT2D eigenvalue weighted by Crippen LogP contribution is -3.11. The smallest absolute Gasteiger partial charge is 0.279 e. The van der Waals surface area contributed by atoms with E-state index in [-0.39, 0.29) is 5.91 Å². The van der Waals surface area contributed by atoms with E-state index >= 15 is 0 Å². The van der Waals surface area contributed by atoms with Gasteiger partial charge in [0.15, 0.2) is 6.54 Å². The second kappa shape index (κ2) is 8.49. The summed E-state index contributed by atoms with van der Waals surface area (Å²) in [5, 5.41) is 11.6. The SMILES string of the molecule is C=CC[NH+](CC(=O)Nc1ccc(C#N)cc1)Cc1ccc(Cl)s1. The first-order valence-electron chi connectivity index (χ1n) is 7.09. The second-order valence-electron chi connectivity index (χ2n) is 5.04. The first-order valence-corrected chi connectivity index (χ1v) is 8.29. The van der Waals surface area contributed by atoms with E-state index in [0.29, 0.717) is 24.3 Å². The van der Waals surface area contributed by atoms with E-state index in [2.05, 4.69) is 11.9 Å². The molecular weight excluding hydrogens is 330 g/mol. The molecule has 1 aromatic carbocycles. The monoisotopic (exact) mass is 346 g/mol. The van der Waals surface area contributed by atoms with Crippen molar-refractivity contribution in [1.29, 1.82) is 5.26 Å². The molecule has 1 amide bonds. The molecule has 0 saturated carbocycles. The molecule has 23 heavy (non-hydrogen) atoms. The minimum absolute atomic E-state index is 0.0748. The van der Waals surface area contributed by atoms with E-state index in [4.69, 9.17) is 16.9 Å². The number of benzene rings is 1. The second-order valence-corrected chi connectivity index (χ2v) is 6.84. The van der Waals surface area contributed by atoms with Gasteiger partial charge in [0, 0.05) is 5.69 Å². The van der Waals surface area contributed by atoms with Gasteiger partial charge in [0.25, 0.3) is 5.91 Å². The van der Waals surface area contributed by atoms with E-state index in [1.807, 2.05) is 18.2 Å². The molecule has 1 heterocycles. The average molecular weight is 347 g/mol. The number of rotatable bonds is 7. The molecule has 4 nitrogen and oxygen atoms in total. The van der Waals surface area contributed by atoms with Crippen LogP contribution in [-0.4, -0.2) is 19.0 Å². The van der Waals surface area contributed by atoms with Crippen LogP contribution < -0.4 is 10.2 Å². The summed E-state index contributed by atoms with van der Waals surface area (Å²) in [4.78, 5) is 14.4. The fourth-order valence-corrected chi connectivity index (χ4v) is 3.32. The maximum atomic E-state index is 12.2. The summed E-state index contributed by atoms with van der Waals surface area (Å²) in [5.74, 6) is -0.0748. The van der Waals surface area contributed by atoms with Gasteiger partial charge in [-0.1, -0.05) is 18.2 Å². The molecule has 1 atom stereocenters. The predicted octanol–water partition coefficient (Wildman–Crippen LogP) is 2.48. The Morgan fingerprint density at radius 1 is 1.35 bits per heavy atom. The first-order chi connectivity index (χ1) is 11.1. The lowest BCUT2D eigenvalue weighted by Gasteiger charge is -2.16. The molecule has 6 heteroatoms. The Labute approximate surface area is 144 Å². The van der Waals surface area contributed by atoms with Crippen LogP contribution in [0.1, 0.15) is 10.4 Å². The van der Waals surface area contributed by atoms with Crippen molar-refractivity contribution in [2.24, 2.45) is 0 Å². The fraction of sp³-hybridized carbons (Fsp3) is 0.176. The van der Waals surface area contributed by atoms with Crippen molar-refractivity contribution in [2.75, 3.05) is 18.4 Å². The number of quaternary nitrogens is 1. The van der Waals surface area contributed by atoms with Crippen LogP contribution in [0, 0.1) is 11.3 Å². The highest BCUT2D eigenvalue weighted by atomic mass is 35.5. The van der Waals surface area contributed by atoms with Crippen molar-refractivity contribution in [3.8, 4) is 6.07 Å². The van der Waals surface area contributed by atoms with Gasteiger partial charge in [0.1, 0.15) is 6.54 Å². The number of nitriles is 1. The molecule has 2 rings (SSSR count). The number of hydrogen-bond acceptors (Lipinski definition) is 3. The van der Waals surface area contributed by atoms with Crippen molar-refractivity contribution in [3.05, 3.63) is 63.8 Å². The Bertz CT molecular complexity index is 718. The van der Waals surface area contributed by atoms with Crippen molar-refractivity contribution in [1.82, 2.24) is 0 Å². The lowest BCUT2D eigenvalue weighted by molar-refractivity contribution is -0.899. The number of nitrogens with zero attached hydrogens (tertiary/aromatic N) is 1. The third-order valence-electron chi connectivity index (χ3n) is 3.19. The molecule has 0 bridgehead atoms. The van der Waals surface area contributed by atoms with Gasteiger partial charge in [-0.05, 0) is 42.5 Å². The van der Waals surface area contributed by atoms with E-state index in [9.17, 15) is 4.79 Å². The molecule has 0 aliphatic heterocycles. The third kappa shape index (κ3) is 5.53. The van der Waals surface area contributed by atoms with Crippen LogP contribution in [0.2, 0.25) is 4.34 Å². The Kier molecular flexibility index (Phi) is 6.36. The molecule has 2 N–H and O–H groups in total. The van der Waals surface area contributed by atoms with Crippen molar-refractivity contribution >= 4 is 34.5 Å². The predicted molar refractivity (Wildman–Crippen MR) is 93.7 cm³/mol. The summed E-state index contributed by atoms with van der Waals surface area (Å²) < 4.78 is 0.750. The van der Waals surface area contributed by atoms with Crippen molar-refractivity contribution in [2.45, 2.75) is 6.54 Å². The molecule has 0 aliphatic rings. The quantitative estimate of drug-likeness (QED) is 0.757. The van der Waals surface area contributed by atoms with Gasteiger partial charge in [0.05, 0.1) is 27.4 Å². The van der Waals surface area contributed by atoms with Gasteiger partial charge < -0.3 is 10.2 Å². The number of nitrogens with one attached hydrogen (secondary N) is 2. The molecule has 0 aliphatic carbocycles. The van der Waals surface area contributed by atoms with Gasteiger partial charge in [-0.3, -0.25) is 4.79 Å². The molecule has 1 aromatic heterocycles. The lowest BCUT2D eigenvalue weighted by atomic mass is 10.2. The summed E-state index contributed by atoms with van der Waals surface area (Å²) in [6.07, 6.45) is 1.81. The van der Waals surface area contributed by atoms with Crippen LogP contribution in [-0.2, 0) is 11.3 Å². The van der Waals surface area contributed by atoms with E-state index in [0.717, 1.165) is 20.7 Å². The van der Waals surface area contributed by atoms with Crippen molar-refractivity contribution in [3.63, 3.8) is 0 Å². The molecule has 1 unspecified atom stereocenters. The van der Waals surface area contributed by atoms with Crippen molar-refractivity contribution < 1.29 is 9.69 Å². The minimum Gasteiger partial charge on any atom is -0.321 e. The topological polar surface area (TPSA) is 57.3 Å². The third-order valence-corrected chi connectivity index (χ3v) is 4.43. The van der Waals surface area contributed by atoms with Crippen LogP contribution in [0.3, 0.4) is 0 Å². The fourth-order valence-electron chi connectivity index (χ4n) is 2.16. The van der Waals surface area contributed by atoms with Gasteiger partial charge in [0.2, 0.25) is 0 Å². The van der Waals surface area contributed by atoms with Gasteiger partial charge in [-0.25, -0.2) is 0 Å². The zero-order valence-corrected chi connectivity index (χ0v) is 14.1. The number of carbonyl (C=O) groups is 1. The number of carbonyl (C=O) groups excluding carboxylic acids is 1.